The SMILES string of the molecule is Cc1cc(=O)c(C(=O)Nc2ccc(F)cc2F)nn1-c1ccccc1. The van der Waals surface area contributed by atoms with Crippen LogP contribution in [0.1, 0.15) is 16.2 Å². The lowest BCUT2D eigenvalue weighted by Crippen LogP contribution is -2.27. The Balaban J connectivity index is 1.99. The van der Waals surface area contributed by atoms with Crippen molar-refractivity contribution in [2.24, 2.45) is 0 Å². The molecule has 5 nitrogen and oxygen atoms in total. The smallest absolute Gasteiger partial charge is 0.280 e. The summed E-state index contributed by atoms with van der Waals surface area (Å²) in [5, 5.41) is 6.32. The molecule has 25 heavy (non-hydrogen) atoms. The van der Waals surface area contributed by atoms with Crippen LogP contribution < -0.4 is 10.7 Å². The van der Waals surface area contributed by atoms with Gasteiger partial charge in [-0.3, -0.25) is 9.59 Å². The third-order valence-corrected chi connectivity index (χ3v) is 3.50. The molecule has 1 N–H and O–H groups in total. The molecular formula is C18H13F2N3O2. The number of nitrogens with one attached hydrogen (secondary N) is 1. The van der Waals surface area contributed by atoms with E-state index < -0.39 is 28.7 Å². The van der Waals surface area contributed by atoms with E-state index >= 15 is 0 Å². The summed E-state index contributed by atoms with van der Waals surface area (Å²) in [6.07, 6.45) is 0. The van der Waals surface area contributed by atoms with Crippen molar-refractivity contribution in [3.63, 3.8) is 0 Å². The van der Waals surface area contributed by atoms with Crippen LogP contribution in [0.15, 0.2) is 59.4 Å². The molecule has 1 heterocycles. The lowest BCUT2D eigenvalue weighted by molar-refractivity contribution is 0.101. The Kier molecular flexibility index (Phi) is 4.38. The van der Waals surface area contributed by atoms with Crippen LogP contribution >= 0.6 is 0 Å². The molecule has 1 amide bonds. The van der Waals surface area contributed by atoms with E-state index in [4.69, 9.17) is 0 Å². The predicted molar refractivity (Wildman–Crippen MR) is 88.9 cm³/mol. The first-order valence-corrected chi connectivity index (χ1v) is 7.38. The summed E-state index contributed by atoms with van der Waals surface area (Å²) < 4.78 is 28.1. The second-order valence-corrected chi connectivity index (χ2v) is 5.32. The first kappa shape index (κ1) is 16.5. The molecule has 0 saturated heterocycles. The van der Waals surface area contributed by atoms with E-state index in [0.29, 0.717) is 17.4 Å². The van der Waals surface area contributed by atoms with Crippen molar-refractivity contribution in [3.8, 4) is 5.69 Å². The highest BCUT2D eigenvalue weighted by Gasteiger charge is 2.17. The van der Waals surface area contributed by atoms with Crippen LogP contribution in [0.5, 0.6) is 0 Å². The number of carbonyl (C=O) groups excluding carboxylic acids is 1. The van der Waals surface area contributed by atoms with Crippen LogP contribution in [0, 0.1) is 18.6 Å². The van der Waals surface area contributed by atoms with Crippen LogP contribution in [-0.2, 0) is 0 Å². The van der Waals surface area contributed by atoms with E-state index in [0.717, 1.165) is 12.1 Å². The predicted octanol–water partition coefficient (Wildman–Crippen LogP) is 3.07. The van der Waals surface area contributed by atoms with Gasteiger partial charge in [0.05, 0.1) is 11.4 Å². The molecule has 0 fully saturated rings. The molecule has 0 aliphatic heterocycles. The minimum atomic E-state index is -0.941. The van der Waals surface area contributed by atoms with Gasteiger partial charge in [-0.1, -0.05) is 18.2 Å². The van der Waals surface area contributed by atoms with Crippen LogP contribution in [-0.4, -0.2) is 15.7 Å². The first-order valence-electron chi connectivity index (χ1n) is 7.38. The Labute approximate surface area is 141 Å². The second kappa shape index (κ2) is 6.64. The van der Waals surface area contributed by atoms with Gasteiger partial charge in [0.25, 0.3) is 5.91 Å². The minimum absolute atomic E-state index is 0.237. The van der Waals surface area contributed by atoms with Gasteiger partial charge >= 0.3 is 0 Å². The summed E-state index contributed by atoms with van der Waals surface area (Å²) >= 11 is 0. The Morgan fingerprint density at radius 1 is 1.08 bits per heavy atom. The Morgan fingerprint density at radius 3 is 2.48 bits per heavy atom. The topological polar surface area (TPSA) is 64.0 Å². The van der Waals surface area contributed by atoms with Crippen molar-refractivity contribution in [2.75, 3.05) is 5.32 Å². The summed E-state index contributed by atoms with van der Waals surface area (Å²) in [6, 6.07) is 12.9. The zero-order valence-corrected chi connectivity index (χ0v) is 13.2. The summed E-state index contributed by atoms with van der Waals surface area (Å²) in [7, 11) is 0. The summed E-state index contributed by atoms with van der Waals surface area (Å²) in [4.78, 5) is 24.4. The third kappa shape index (κ3) is 3.45. The molecule has 0 aliphatic rings. The molecule has 3 aromatic rings. The van der Waals surface area contributed by atoms with Crippen molar-refractivity contribution < 1.29 is 13.6 Å². The van der Waals surface area contributed by atoms with E-state index in [-0.39, 0.29) is 5.69 Å². The molecule has 0 unspecified atom stereocenters. The Hall–Kier alpha value is -3.35. The average molecular weight is 341 g/mol. The molecule has 1 aromatic heterocycles. The monoisotopic (exact) mass is 341 g/mol. The quantitative estimate of drug-likeness (QED) is 0.796. The number of hydrogen-bond donors (Lipinski definition) is 1. The zero-order valence-electron chi connectivity index (χ0n) is 13.2. The maximum atomic E-state index is 13.7. The maximum absolute atomic E-state index is 13.7. The number of amides is 1. The fraction of sp³-hybridized carbons (Fsp3) is 0.0556. The molecule has 0 bridgehead atoms. The molecule has 126 valence electrons. The fourth-order valence-corrected chi connectivity index (χ4v) is 2.31. The van der Waals surface area contributed by atoms with Gasteiger partial charge in [-0.05, 0) is 31.2 Å². The summed E-state index contributed by atoms with van der Waals surface area (Å²) in [5.41, 5.74) is -0.00922. The van der Waals surface area contributed by atoms with E-state index in [1.165, 1.54) is 10.7 Å². The van der Waals surface area contributed by atoms with Gasteiger partial charge in [0.1, 0.15) is 11.6 Å². The molecule has 0 spiro atoms. The van der Waals surface area contributed by atoms with Crippen molar-refractivity contribution in [3.05, 3.63) is 87.8 Å². The number of aryl methyl sites for hydroxylation is 1. The van der Waals surface area contributed by atoms with Gasteiger partial charge in [-0.15, -0.1) is 0 Å². The van der Waals surface area contributed by atoms with E-state index in [2.05, 4.69) is 10.4 Å². The lowest BCUT2D eigenvalue weighted by atomic mass is 10.2. The van der Waals surface area contributed by atoms with Crippen LogP contribution in [0.3, 0.4) is 0 Å². The standard InChI is InChI=1S/C18H13F2N3O2/c1-11-9-16(24)17(22-23(11)13-5-3-2-4-6-13)18(25)21-15-8-7-12(19)10-14(15)20/h2-10H,1H3,(H,21,25). The third-order valence-electron chi connectivity index (χ3n) is 3.50. The molecule has 0 atom stereocenters. The molecule has 3 rings (SSSR count). The van der Waals surface area contributed by atoms with Crippen molar-refractivity contribution >= 4 is 11.6 Å². The number of anilines is 1. The molecule has 2 aromatic carbocycles. The average Bonchev–Trinajstić information content (AvgIpc) is 2.58. The highest BCUT2D eigenvalue weighted by Crippen LogP contribution is 2.15. The first-order chi connectivity index (χ1) is 12.0. The van der Waals surface area contributed by atoms with E-state index in [1.54, 1.807) is 31.2 Å². The highest BCUT2D eigenvalue weighted by atomic mass is 19.1. The van der Waals surface area contributed by atoms with Gasteiger partial charge in [-0.2, -0.15) is 5.10 Å². The number of halogens is 2. The lowest BCUT2D eigenvalue weighted by Gasteiger charge is -2.11. The molecule has 0 aliphatic carbocycles. The Bertz CT molecular complexity index is 1000. The molecular weight excluding hydrogens is 328 g/mol. The fourth-order valence-electron chi connectivity index (χ4n) is 2.31. The normalized spacial score (nSPS) is 10.5. The van der Waals surface area contributed by atoms with Crippen LogP contribution in [0.2, 0.25) is 0 Å². The number of carbonyl (C=O) groups is 1. The van der Waals surface area contributed by atoms with Gasteiger partial charge in [0.15, 0.2) is 5.69 Å². The molecule has 0 radical (unpaired) electrons. The van der Waals surface area contributed by atoms with Gasteiger partial charge in [0.2, 0.25) is 5.43 Å². The number of para-hydroxylation sites is 1. The zero-order chi connectivity index (χ0) is 18.0. The highest BCUT2D eigenvalue weighted by molar-refractivity contribution is 6.02. The van der Waals surface area contributed by atoms with E-state index in [9.17, 15) is 18.4 Å². The number of hydrogen-bond acceptors (Lipinski definition) is 3. The minimum Gasteiger partial charge on any atom is -0.318 e. The number of benzene rings is 2. The second-order valence-electron chi connectivity index (χ2n) is 5.32. The van der Waals surface area contributed by atoms with Gasteiger partial charge in [0, 0.05) is 17.8 Å². The number of nitrogens with zero attached hydrogens (tertiary/aromatic N) is 2. The Morgan fingerprint density at radius 2 is 1.80 bits per heavy atom. The molecule has 7 heteroatoms. The van der Waals surface area contributed by atoms with Gasteiger partial charge in [-0.25, -0.2) is 13.5 Å². The molecule has 0 saturated carbocycles. The van der Waals surface area contributed by atoms with E-state index in [1.807, 2.05) is 6.07 Å². The van der Waals surface area contributed by atoms with Crippen molar-refractivity contribution in [2.45, 2.75) is 6.92 Å². The van der Waals surface area contributed by atoms with Crippen LogP contribution in [0.4, 0.5) is 14.5 Å². The maximum Gasteiger partial charge on any atom is 0.280 e. The van der Waals surface area contributed by atoms with Crippen molar-refractivity contribution in [1.82, 2.24) is 9.78 Å². The summed E-state index contributed by atoms with van der Waals surface area (Å²) in [6.45, 7) is 1.68. The number of rotatable bonds is 3. The largest absolute Gasteiger partial charge is 0.318 e. The summed E-state index contributed by atoms with van der Waals surface area (Å²) in [5.74, 6) is -2.58. The number of aromatic nitrogens is 2. The van der Waals surface area contributed by atoms with Gasteiger partial charge < -0.3 is 5.32 Å². The van der Waals surface area contributed by atoms with Crippen molar-refractivity contribution in [1.29, 1.82) is 0 Å². The van der Waals surface area contributed by atoms with Crippen LogP contribution in [0.25, 0.3) is 5.69 Å².